The average molecular weight is 489 g/mol. The molecule has 0 fully saturated rings. The summed E-state index contributed by atoms with van der Waals surface area (Å²) in [6.07, 6.45) is 5.94. The Labute approximate surface area is 165 Å². The van der Waals surface area contributed by atoms with Gasteiger partial charge in [-0.15, -0.1) is 0 Å². The third-order valence-electron chi connectivity index (χ3n) is 3.88. The molecule has 0 heterocycles. The molecule has 5 heteroatoms. The Morgan fingerprint density at radius 2 is 1.12 bits per heavy atom. The van der Waals surface area contributed by atoms with E-state index in [1.165, 1.54) is 0 Å². The number of rotatable bonds is 5. The van der Waals surface area contributed by atoms with Crippen molar-refractivity contribution in [2.45, 2.75) is 103 Å². The molecular formula is C20H43GeN3Zr. The molecule has 0 spiro atoms. The molecule has 1 aliphatic rings. The van der Waals surface area contributed by atoms with Crippen LogP contribution in [0.25, 0.3) is 0 Å². The summed E-state index contributed by atoms with van der Waals surface area (Å²) < 4.78 is 15.8. The van der Waals surface area contributed by atoms with E-state index in [2.05, 4.69) is 102 Å². The van der Waals surface area contributed by atoms with E-state index in [-0.39, 0.29) is 16.6 Å². The van der Waals surface area contributed by atoms with Gasteiger partial charge in [0.25, 0.3) is 0 Å². The fourth-order valence-corrected chi connectivity index (χ4v) is 26.2. The Hall–Kier alpha value is 0.786. The molecule has 0 aliphatic heterocycles. The molecule has 0 aromatic rings. The van der Waals surface area contributed by atoms with Gasteiger partial charge in [-0.1, -0.05) is 0 Å². The van der Waals surface area contributed by atoms with Crippen molar-refractivity contribution in [3.8, 4) is 0 Å². The van der Waals surface area contributed by atoms with Crippen LogP contribution in [0.2, 0.25) is 17.3 Å². The zero-order chi connectivity index (χ0) is 19.9. The molecule has 3 nitrogen and oxygen atoms in total. The molecule has 0 aromatic carbocycles. The average Bonchev–Trinajstić information content (AvgIpc) is 2.68. The van der Waals surface area contributed by atoms with E-state index in [1.807, 2.05) is 0 Å². The molecule has 0 saturated carbocycles. The van der Waals surface area contributed by atoms with Crippen LogP contribution in [-0.4, -0.2) is 29.9 Å². The number of allylic oxidation sites excluding steroid dienone is 4. The minimum absolute atomic E-state index is 0.0676. The van der Waals surface area contributed by atoms with E-state index in [0.29, 0.717) is 0 Å². The van der Waals surface area contributed by atoms with Crippen LogP contribution in [0.3, 0.4) is 0 Å². The minimum atomic E-state index is -3.30. The summed E-state index contributed by atoms with van der Waals surface area (Å²) in [5.74, 6) is 7.56. The van der Waals surface area contributed by atoms with Gasteiger partial charge in [0, 0.05) is 0 Å². The molecule has 0 amide bonds. The summed E-state index contributed by atoms with van der Waals surface area (Å²) in [7, 11) is 0. The van der Waals surface area contributed by atoms with Crippen LogP contribution >= 0.6 is 0 Å². The number of hydrogen-bond donors (Lipinski definition) is 3. The molecule has 0 atom stereocenters. The SMILES string of the molecule is CC(C)(C)[NH][Zr]([NH]C(C)(C)C)([NH]C(C)(C)C)[C]1=[C]([Ge]([CH3])([CH3])[CH3])C=CC1. The van der Waals surface area contributed by atoms with Crippen LogP contribution in [0.1, 0.15) is 68.7 Å². The Balaban J connectivity index is 3.63. The van der Waals surface area contributed by atoms with E-state index in [1.54, 1.807) is 7.69 Å². The van der Waals surface area contributed by atoms with Crippen molar-refractivity contribution >= 4 is 13.3 Å². The molecule has 3 N–H and O–H groups in total. The van der Waals surface area contributed by atoms with Crippen molar-refractivity contribution in [3.63, 3.8) is 0 Å². The van der Waals surface area contributed by atoms with Gasteiger partial charge in [0.2, 0.25) is 0 Å². The van der Waals surface area contributed by atoms with Crippen LogP contribution in [0, 0.1) is 0 Å². The van der Waals surface area contributed by atoms with Gasteiger partial charge in [-0.3, -0.25) is 0 Å². The maximum atomic E-state index is 4.15. The summed E-state index contributed by atoms with van der Waals surface area (Å²) in [4.78, 5) is 0. The zero-order valence-corrected chi connectivity index (χ0v) is 23.4. The third-order valence-corrected chi connectivity index (χ3v) is 21.2. The first kappa shape index (κ1) is 23.8. The first-order valence-corrected chi connectivity index (χ1v) is 21.9. The molecule has 146 valence electrons. The molecule has 0 saturated heterocycles. The molecule has 1 rings (SSSR count). The Bertz CT molecular complexity index is 496. The summed E-state index contributed by atoms with van der Waals surface area (Å²) in [5.41, 5.74) is 0.203. The van der Waals surface area contributed by atoms with Crippen molar-refractivity contribution in [3.05, 3.63) is 19.8 Å². The number of hydrogen-bond acceptors (Lipinski definition) is 3. The van der Waals surface area contributed by atoms with Crippen LogP contribution in [0.4, 0.5) is 0 Å². The van der Waals surface area contributed by atoms with Crippen LogP contribution in [0.5, 0.6) is 0 Å². The predicted molar refractivity (Wildman–Crippen MR) is 113 cm³/mol. The van der Waals surface area contributed by atoms with Crippen LogP contribution in [-0.2, 0) is 21.1 Å². The maximum absolute atomic E-state index is 4.15. The predicted octanol–water partition coefficient (Wildman–Crippen LogP) is 5.14. The van der Waals surface area contributed by atoms with Crippen LogP contribution in [0.15, 0.2) is 19.8 Å². The molecule has 0 radical (unpaired) electrons. The van der Waals surface area contributed by atoms with E-state index in [0.717, 1.165) is 6.42 Å². The van der Waals surface area contributed by atoms with Crippen molar-refractivity contribution in [2.24, 2.45) is 0 Å². The summed E-state index contributed by atoms with van der Waals surface area (Å²) in [5, 5.41) is 0. The molecule has 1 aliphatic carbocycles. The Kier molecular flexibility index (Phi) is 7.30. The van der Waals surface area contributed by atoms with Gasteiger partial charge in [-0.05, 0) is 0 Å². The van der Waals surface area contributed by atoms with E-state index < -0.39 is 34.4 Å². The van der Waals surface area contributed by atoms with Crippen molar-refractivity contribution < 1.29 is 21.1 Å². The molecule has 0 bridgehead atoms. The second kappa shape index (κ2) is 7.66. The first-order valence-electron chi connectivity index (χ1n) is 9.63. The van der Waals surface area contributed by atoms with Crippen LogP contribution < -0.4 is 9.78 Å². The van der Waals surface area contributed by atoms with Crippen molar-refractivity contribution in [1.29, 1.82) is 0 Å². The zero-order valence-electron chi connectivity index (χ0n) is 18.9. The Morgan fingerprint density at radius 1 is 0.760 bits per heavy atom. The topological polar surface area (TPSA) is 36.1 Å². The Morgan fingerprint density at radius 3 is 1.40 bits per heavy atom. The molecule has 25 heavy (non-hydrogen) atoms. The standard InChI is InChI=1S/C8H13Ge.3C4H10N.Zr/c1-9(2,3)8-6-4-5-7-8;3*1-4(2,3)5;/h4,6H,5H2,1-3H3;3*5H,1-3H3;/q;3*-1;+3. The van der Waals surface area contributed by atoms with Gasteiger partial charge in [-0.25, -0.2) is 0 Å². The van der Waals surface area contributed by atoms with Crippen molar-refractivity contribution in [1.82, 2.24) is 9.78 Å². The van der Waals surface area contributed by atoms with Gasteiger partial charge in [0.1, 0.15) is 0 Å². The van der Waals surface area contributed by atoms with Gasteiger partial charge in [0.15, 0.2) is 0 Å². The molecular weight excluding hydrogens is 446 g/mol. The third kappa shape index (κ3) is 7.74. The second-order valence-corrected chi connectivity index (χ2v) is 29.2. The van der Waals surface area contributed by atoms with Gasteiger partial charge < -0.3 is 0 Å². The monoisotopic (exact) mass is 489 g/mol. The normalized spacial score (nSPS) is 17.6. The fourth-order valence-electron chi connectivity index (χ4n) is 3.57. The van der Waals surface area contributed by atoms with Gasteiger partial charge in [-0.2, -0.15) is 0 Å². The van der Waals surface area contributed by atoms with Crippen molar-refractivity contribution in [2.75, 3.05) is 0 Å². The second-order valence-electron chi connectivity index (χ2n) is 11.6. The van der Waals surface area contributed by atoms with E-state index in [9.17, 15) is 0 Å². The summed E-state index contributed by atoms with van der Waals surface area (Å²) in [6, 6.07) is 0. The van der Waals surface area contributed by atoms with E-state index in [4.69, 9.17) is 0 Å². The van der Waals surface area contributed by atoms with E-state index >= 15 is 0 Å². The molecule has 0 unspecified atom stereocenters. The summed E-state index contributed by atoms with van der Waals surface area (Å²) >= 11 is -5.24. The number of nitrogens with one attached hydrogen (secondary N) is 3. The fraction of sp³-hybridized carbons (Fsp3) is 0.800. The summed E-state index contributed by atoms with van der Waals surface area (Å²) in [6.45, 7) is 20.7. The van der Waals surface area contributed by atoms with Gasteiger partial charge in [0.05, 0.1) is 0 Å². The quantitative estimate of drug-likeness (QED) is 0.468. The first-order chi connectivity index (χ1) is 10.8. The van der Waals surface area contributed by atoms with Gasteiger partial charge >= 0.3 is 167 Å². The molecule has 0 aromatic heterocycles.